The monoisotopic (exact) mass is 525 g/mol. The Bertz CT molecular complexity index is 1990. The Hall–Kier alpha value is -5.54. The van der Waals surface area contributed by atoms with E-state index in [2.05, 4.69) is 27.5 Å². The van der Waals surface area contributed by atoms with Crippen molar-refractivity contribution in [2.45, 2.75) is 6.54 Å². The normalized spacial score (nSPS) is 11.3. The number of benzene rings is 3. The van der Waals surface area contributed by atoms with Crippen LogP contribution >= 0.6 is 0 Å². The average Bonchev–Trinajstić information content (AvgIpc) is 3.64. The molecule has 194 valence electrons. The Labute approximate surface area is 228 Å². The van der Waals surface area contributed by atoms with Crippen LogP contribution in [0.1, 0.15) is 16.1 Å². The molecule has 3 aromatic carbocycles. The number of nitrogens with one attached hydrogen (secondary N) is 1. The van der Waals surface area contributed by atoms with E-state index >= 15 is 0 Å². The van der Waals surface area contributed by atoms with E-state index in [1.54, 1.807) is 29.0 Å². The van der Waals surface area contributed by atoms with Crippen LogP contribution in [0.2, 0.25) is 0 Å². The number of pyridine rings is 1. The van der Waals surface area contributed by atoms with Gasteiger partial charge in [0.25, 0.3) is 5.91 Å². The van der Waals surface area contributed by atoms with E-state index in [0.717, 1.165) is 44.5 Å². The number of rotatable bonds is 6. The number of amides is 1. The Kier molecular flexibility index (Phi) is 5.68. The van der Waals surface area contributed by atoms with Crippen molar-refractivity contribution in [3.05, 3.63) is 121 Å². The van der Waals surface area contributed by atoms with Gasteiger partial charge in [0.05, 0.1) is 28.7 Å². The first-order valence-electron chi connectivity index (χ1n) is 12.8. The molecule has 0 unspecified atom stereocenters. The largest absolute Gasteiger partial charge is 0.454 e. The standard InChI is InChI=1S/C31H23N7O2/c32-18-22-9-8-20(19-34-22)30(39)36-21-10-12-23(13-11-21)37(31-33-16-14-24-15-17-35-38(24)31)27-6-3-5-26-25-4-1-2-7-28(25)40-29(26)27/h1-17,19H,18,32H2,(H,36,39). The number of hydrogen-bond acceptors (Lipinski definition) is 7. The lowest BCUT2D eigenvalue weighted by Crippen LogP contribution is -2.16. The van der Waals surface area contributed by atoms with Crippen LogP contribution in [0.15, 0.2) is 114 Å². The summed E-state index contributed by atoms with van der Waals surface area (Å²) >= 11 is 0. The lowest BCUT2D eigenvalue weighted by atomic mass is 10.1. The number of nitrogens with zero attached hydrogens (tertiary/aromatic N) is 5. The lowest BCUT2D eigenvalue weighted by Gasteiger charge is -2.24. The molecular formula is C31H23N7O2. The topological polar surface area (TPSA) is 115 Å². The molecule has 0 fully saturated rings. The highest BCUT2D eigenvalue weighted by Crippen LogP contribution is 2.41. The molecule has 0 aliphatic heterocycles. The van der Waals surface area contributed by atoms with Gasteiger partial charge >= 0.3 is 0 Å². The van der Waals surface area contributed by atoms with Gasteiger partial charge in [0.1, 0.15) is 5.58 Å². The van der Waals surface area contributed by atoms with Gasteiger partial charge in [0.2, 0.25) is 5.95 Å². The van der Waals surface area contributed by atoms with Crippen LogP contribution in [0.4, 0.5) is 23.0 Å². The van der Waals surface area contributed by atoms with Crippen LogP contribution in [0.3, 0.4) is 0 Å². The van der Waals surface area contributed by atoms with Crippen LogP contribution in [0.25, 0.3) is 27.5 Å². The second-order valence-electron chi connectivity index (χ2n) is 9.24. The number of nitrogens with two attached hydrogens (primary N) is 1. The highest BCUT2D eigenvalue weighted by Gasteiger charge is 2.22. The van der Waals surface area contributed by atoms with E-state index in [1.165, 1.54) is 6.20 Å². The summed E-state index contributed by atoms with van der Waals surface area (Å²) in [6.45, 7) is 0.322. The fourth-order valence-electron chi connectivity index (χ4n) is 4.84. The van der Waals surface area contributed by atoms with Crippen molar-refractivity contribution < 1.29 is 9.21 Å². The number of hydrogen-bond donors (Lipinski definition) is 2. The van der Waals surface area contributed by atoms with Gasteiger partial charge in [-0.05, 0) is 60.7 Å². The van der Waals surface area contributed by atoms with Crippen molar-refractivity contribution in [1.82, 2.24) is 19.6 Å². The number of para-hydroxylation sites is 2. The van der Waals surface area contributed by atoms with Gasteiger partial charge in [0.15, 0.2) is 5.58 Å². The van der Waals surface area contributed by atoms with Crippen molar-refractivity contribution in [1.29, 1.82) is 0 Å². The second-order valence-corrected chi connectivity index (χ2v) is 9.24. The van der Waals surface area contributed by atoms with Gasteiger partial charge in [0, 0.05) is 41.1 Å². The van der Waals surface area contributed by atoms with Gasteiger partial charge < -0.3 is 15.5 Å². The first kappa shape index (κ1) is 23.6. The highest BCUT2D eigenvalue weighted by molar-refractivity contribution is 6.10. The molecule has 0 aliphatic carbocycles. The van der Waals surface area contributed by atoms with Crippen molar-refractivity contribution in [3.8, 4) is 0 Å². The van der Waals surface area contributed by atoms with E-state index < -0.39 is 0 Å². The molecule has 0 atom stereocenters. The van der Waals surface area contributed by atoms with Gasteiger partial charge in [-0.3, -0.25) is 14.7 Å². The quantitative estimate of drug-likeness (QED) is 0.265. The first-order chi connectivity index (χ1) is 19.7. The van der Waals surface area contributed by atoms with Crippen LogP contribution in [0.5, 0.6) is 0 Å². The summed E-state index contributed by atoms with van der Waals surface area (Å²) < 4.78 is 8.16. The molecule has 40 heavy (non-hydrogen) atoms. The van der Waals surface area contributed by atoms with E-state index in [9.17, 15) is 4.79 Å². The highest BCUT2D eigenvalue weighted by atomic mass is 16.3. The average molecular weight is 526 g/mol. The molecule has 0 saturated carbocycles. The molecule has 0 spiro atoms. The van der Waals surface area contributed by atoms with Gasteiger partial charge in [-0.1, -0.05) is 30.3 Å². The summed E-state index contributed by atoms with van der Waals surface area (Å²) in [5.74, 6) is 0.342. The molecule has 0 bridgehead atoms. The van der Waals surface area contributed by atoms with Gasteiger partial charge in [-0.15, -0.1) is 0 Å². The minimum atomic E-state index is -0.254. The Balaban J connectivity index is 1.32. The van der Waals surface area contributed by atoms with Crippen molar-refractivity contribution >= 4 is 56.4 Å². The number of aromatic nitrogens is 4. The molecule has 0 saturated heterocycles. The summed E-state index contributed by atoms with van der Waals surface area (Å²) in [6.07, 6.45) is 5.03. The predicted molar refractivity (Wildman–Crippen MR) is 155 cm³/mol. The minimum absolute atomic E-state index is 0.254. The molecule has 3 N–H and O–H groups in total. The number of anilines is 4. The van der Waals surface area contributed by atoms with Gasteiger partial charge in [-0.25, -0.2) is 4.98 Å². The Morgan fingerprint density at radius 3 is 2.52 bits per heavy atom. The molecule has 9 nitrogen and oxygen atoms in total. The molecule has 0 radical (unpaired) electrons. The summed E-state index contributed by atoms with van der Waals surface area (Å²) in [7, 11) is 0. The summed E-state index contributed by atoms with van der Waals surface area (Å²) in [4.78, 5) is 23.7. The van der Waals surface area contributed by atoms with Crippen LogP contribution in [-0.2, 0) is 6.54 Å². The number of furan rings is 1. The summed E-state index contributed by atoms with van der Waals surface area (Å²) in [5, 5.41) is 9.50. The maximum Gasteiger partial charge on any atom is 0.257 e. The van der Waals surface area contributed by atoms with Crippen molar-refractivity contribution in [2.75, 3.05) is 10.2 Å². The van der Waals surface area contributed by atoms with Crippen LogP contribution in [0, 0.1) is 0 Å². The zero-order chi connectivity index (χ0) is 27.1. The Morgan fingerprint density at radius 2 is 1.70 bits per heavy atom. The van der Waals surface area contributed by atoms with Crippen LogP contribution < -0.4 is 16.0 Å². The zero-order valence-electron chi connectivity index (χ0n) is 21.2. The number of carbonyl (C=O) groups excluding carboxylic acids is 1. The Morgan fingerprint density at radius 1 is 0.875 bits per heavy atom. The third kappa shape index (κ3) is 4.01. The molecule has 1 amide bonds. The lowest BCUT2D eigenvalue weighted by molar-refractivity contribution is 0.102. The maximum atomic E-state index is 12.8. The molecule has 0 aliphatic rings. The number of carbonyl (C=O) groups is 1. The van der Waals surface area contributed by atoms with Crippen LogP contribution in [-0.4, -0.2) is 25.5 Å². The number of fused-ring (bicyclic) bond motifs is 4. The maximum absolute atomic E-state index is 12.8. The smallest absolute Gasteiger partial charge is 0.257 e. The first-order valence-corrected chi connectivity index (χ1v) is 12.8. The molecule has 7 rings (SSSR count). The zero-order valence-corrected chi connectivity index (χ0v) is 21.2. The third-order valence-corrected chi connectivity index (χ3v) is 6.80. The van der Waals surface area contributed by atoms with Crippen molar-refractivity contribution in [3.63, 3.8) is 0 Å². The molecule has 4 aromatic heterocycles. The van der Waals surface area contributed by atoms with Gasteiger partial charge in [-0.2, -0.15) is 9.61 Å². The molecular weight excluding hydrogens is 502 g/mol. The minimum Gasteiger partial charge on any atom is -0.454 e. The summed E-state index contributed by atoms with van der Waals surface area (Å²) in [6, 6.07) is 28.9. The predicted octanol–water partition coefficient (Wildman–Crippen LogP) is 6.20. The van der Waals surface area contributed by atoms with Crippen molar-refractivity contribution in [2.24, 2.45) is 5.73 Å². The van der Waals surface area contributed by atoms with E-state index in [0.29, 0.717) is 23.7 Å². The molecule has 4 heterocycles. The van der Waals surface area contributed by atoms with E-state index in [1.807, 2.05) is 71.6 Å². The third-order valence-electron chi connectivity index (χ3n) is 6.80. The second kappa shape index (κ2) is 9.64. The SMILES string of the molecule is NCc1ccc(C(=O)Nc2ccc(N(c3cccc4c3oc3ccccc34)c3nccc4ccnn34)cc2)cn1. The molecule has 9 heteroatoms. The fourth-order valence-corrected chi connectivity index (χ4v) is 4.84. The summed E-state index contributed by atoms with van der Waals surface area (Å²) in [5.41, 5.74) is 11.5. The molecule has 7 aromatic rings. The van der Waals surface area contributed by atoms with E-state index in [4.69, 9.17) is 15.1 Å². The van der Waals surface area contributed by atoms with E-state index in [-0.39, 0.29) is 5.91 Å². The fraction of sp³-hybridized carbons (Fsp3) is 0.0323.